The van der Waals surface area contributed by atoms with Crippen LogP contribution in [0.3, 0.4) is 0 Å². The summed E-state index contributed by atoms with van der Waals surface area (Å²) in [6.07, 6.45) is 1.82. The summed E-state index contributed by atoms with van der Waals surface area (Å²) in [5.41, 5.74) is 8.72. The van der Waals surface area contributed by atoms with Crippen molar-refractivity contribution in [2.24, 2.45) is 5.73 Å². The molecule has 2 N–H and O–H groups in total. The molecule has 0 saturated carbocycles. The predicted octanol–water partition coefficient (Wildman–Crippen LogP) is 2.40. The first-order valence-electron chi connectivity index (χ1n) is 5.53. The minimum absolute atomic E-state index is 0.704. The Kier molecular flexibility index (Phi) is 4.88. The minimum Gasteiger partial charge on any atom is -0.496 e. The molecule has 0 spiro atoms. The number of nitrogens with two attached hydrogens (primary N) is 1. The van der Waals surface area contributed by atoms with Crippen LogP contribution in [0.25, 0.3) is 0 Å². The second-order valence-corrected chi connectivity index (χ2v) is 3.84. The van der Waals surface area contributed by atoms with Crippen LogP contribution >= 0.6 is 0 Å². The first-order valence-corrected chi connectivity index (χ1v) is 5.53. The summed E-state index contributed by atoms with van der Waals surface area (Å²) >= 11 is 0. The first-order chi connectivity index (χ1) is 7.69. The molecular formula is C14H19NO. The Balaban J connectivity index is 2.86. The van der Waals surface area contributed by atoms with Crippen molar-refractivity contribution in [2.75, 3.05) is 13.7 Å². The van der Waals surface area contributed by atoms with Gasteiger partial charge in [-0.25, -0.2) is 0 Å². The molecule has 0 atom stereocenters. The number of ether oxygens (including phenoxy) is 1. The lowest BCUT2D eigenvalue weighted by Gasteiger charge is -2.08. The van der Waals surface area contributed by atoms with Crippen LogP contribution in [-0.2, 0) is 0 Å². The highest BCUT2D eigenvalue weighted by atomic mass is 16.5. The minimum atomic E-state index is 0.704. The fourth-order valence-corrected chi connectivity index (χ4v) is 1.70. The van der Waals surface area contributed by atoms with Crippen LogP contribution in [0.4, 0.5) is 0 Å². The van der Waals surface area contributed by atoms with Crippen molar-refractivity contribution in [3.8, 4) is 17.6 Å². The summed E-state index contributed by atoms with van der Waals surface area (Å²) in [5.74, 6) is 7.23. The van der Waals surface area contributed by atoms with Crippen LogP contribution in [-0.4, -0.2) is 13.7 Å². The van der Waals surface area contributed by atoms with Crippen LogP contribution in [0.15, 0.2) is 12.1 Å². The molecule has 86 valence electrons. The maximum absolute atomic E-state index is 5.41. The molecule has 1 rings (SSSR count). The molecule has 2 nitrogen and oxygen atoms in total. The van der Waals surface area contributed by atoms with Gasteiger partial charge >= 0.3 is 0 Å². The van der Waals surface area contributed by atoms with Gasteiger partial charge in [-0.2, -0.15) is 0 Å². The molecule has 1 aromatic rings. The normalized spacial score (nSPS) is 9.50. The number of unbranched alkanes of at least 4 members (excludes halogenated alkanes) is 1. The zero-order valence-corrected chi connectivity index (χ0v) is 10.3. The van der Waals surface area contributed by atoms with Gasteiger partial charge in [0.2, 0.25) is 0 Å². The maximum atomic E-state index is 5.41. The Hall–Kier alpha value is -1.46. The Morgan fingerprint density at radius 2 is 1.88 bits per heavy atom. The predicted molar refractivity (Wildman–Crippen MR) is 67.6 cm³/mol. The zero-order chi connectivity index (χ0) is 12.0. The first kappa shape index (κ1) is 12.6. The van der Waals surface area contributed by atoms with Crippen molar-refractivity contribution in [1.82, 2.24) is 0 Å². The number of hydrogen-bond acceptors (Lipinski definition) is 2. The van der Waals surface area contributed by atoms with Crippen molar-refractivity contribution < 1.29 is 4.74 Å². The lowest BCUT2D eigenvalue weighted by atomic mass is 10.1. The van der Waals surface area contributed by atoms with Crippen LogP contribution in [0, 0.1) is 25.7 Å². The van der Waals surface area contributed by atoms with Crippen molar-refractivity contribution in [3.63, 3.8) is 0 Å². The molecule has 0 heterocycles. The largest absolute Gasteiger partial charge is 0.496 e. The Bertz CT molecular complexity index is 389. The lowest BCUT2D eigenvalue weighted by molar-refractivity contribution is 0.408. The quantitative estimate of drug-likeness (QED) is 0.623. The topological polar surface area (TPSA) is 35.2 Å². The molecule has 0 radical (unpaired) electrons. The van der Waals surface area contributed by atoms with Crippen LogP contribution in [0.1, 0.15) is 29.5 Å². The van der Waals surface area contributed by atoms with Gasteiger partial charge in [0.05, 0.1) is 7.11 Å². The van der Waals surface area contributed by atoms with E-state index in [2.05, 4.69) is 24.0 Å². The molecular weight excluding hydrogens is 198 g/mol. The monoisotopic (exact) mass is 217 g/mol. The van der Waals surface area contributed by atoms with E-state index in [1.807, 2.05) is 13.8 Å². The standard InChI is InChI=1S/C14H19NO/c1-11-9-13(7-5-4-6-8-15)10-12(2)14(11)16-3/h9-10H,4,6,8,15H2,1-3H3. The van der Waals surface area contributed by atoms with E-state index in [-0.39, 0.29) is 0 Å². The van der Waals surface area contributed by atoms with Crippen molar-refractivity contribution in [3.05, 3.63) is 28.8 Å². The van der Waals surface area contributed by atoms with E-state index in [1.165, 1.54) is 0 Å². The molecule has 2 heteroatoms. The van der Waals surface area contributed by atoms with Gasteiger partial charge < -0.3 is 10.5 Å². The van der Waals surface area contributed by atoms with Gasteiger partial charge in [-0.15, -0.1) is 0 Å². The highest BCUT2D eigenvalue weighted by molar-refractivity contribution is 5.48. The molecule has 0 fully saturated rings. The third-order valence-electron chi connectivity index (χ3n) is 2.40. The Morgan fingerprint density at radius 1 is 1.25 bits per heavy atom. The average molecular weight is 217 g/mol. The smallest absolute Gasteiger partial charge is 0.124 e. The van der Waals surface area contributed by atoms with Crippen molar-refractivity contribution in [1.29, 1.82) is 0 Å². The summed E-state index contributed by atoms with van der Waals surface area (Å²) in [4.78, 5) is 0. The number of aryl methyl sites for hydroxylation is 2. The van der Waals surface area contributed by atoms with Gasteiger partial charge in [0.15, 0.2) is 0 Å². The summed E-state index contributed by atoms with van der Waals surface area (Å²) in [6.45, 7) is 4.78. The molecule has 0 unspecified atom stereocenters. The van der Waals surface area contributed by atoms with Crippen LogP contribution < -0.4 is 10.5 Å². The third-order valence-corrected chi connectivity index (χ3v) is 2.40. The lowest BCUT2D eigenvalue weighted by Crippen LogP contribution is -1.96. The van der Waals surface area contributed by atoms with Crippen molar-refractivity contribution in [2.45, 2.75) is 26.7 Å². The fourth-order valence-electron chi connectivity index (χ4n) is 1.70. The summed E-state index contributed by atoms with van der Waals surface area (Å²) in [6, 6.07) is 4.11. The van der Waals surface area contributed by atoms with E-state index in [1.54, 1.807) is 7.11 Å². The molecule has 0 aliphatic rings. The summed E-state index contributed by atoms with van der Waals surface area (Å²) in [7, 11) is 1.70. The maximum Gasteiger partial charge on any atom is 0.124 e. The van der Waals surface area contributed by atoms with Gasteiger partial charge in [-0.1, -0.05) is 11.8 Å². The molecule has 16 heavy (non-hydrogen) atoms. The van der Waals surface area contributed by atoms with Gasteiger partial charge in [0.25, 0.3) is 0 Å². The van der Waals surface area contributed by atoms with E-state index >= 15 is 0 Å². The molecule has 0 saturated heterocycles. The Labute approximate surface area is 97.8 Å². The van der Waals surface area contributed by atoms with Gasteiger partial charge in [-0.05, 0) is 50.1 Å². The van der Waals surface area contributed by atoms with E-state index in [9.17, 15) is 0 Å². The number of benzene rings is 1. The number of methoxy groups -OCH3 is 1. The van der Waals surface area contributed by atoms with E-state index < -0.39 is 0 Å². The number of rotatable bonds is 3. The van der Waals surface area contributed by atoms with Crippen molar-refractivity contribution >= 4 is 0 Å². The molecule has 0 bridgehead atoms. The van der Waals surface area contributed by atoms with E-state index in [0.29, 0.717) is 6.54 Å². The van der Waals surface area contributed by atoms with Gasteiger partial charge in [-0.3, -0.25) is 0 Å². The van der Waals surface area contributed by atoms with Gasteiger partial charge in [0.1, 0.15) is 5.75 Å². The van der Waals surface area contributed by atoms with E-state index in [4.69, 9.17) is 10.5 Å². The van der Waals surface area contributed by atoms with Gasteiger partial charge in [0, 0.05) is 12.0 Å². The Morgan fingerprint density at radius 3 is 2.38 bits per heavy atom. The highest BCUT2D eigenvalue weighted by Gasteiger charge is 2.03. The third kappa shape index (κ3) is 3.29. The van der Waals surface area contributed by atoms with Crippen LogP contribution in [0.5, 0.6) is 5.75 Å². The summed E-state index contributed by atoms with van der Waals surface area (Å²) in [5, 5.41) is 0. The van der Waals surface area contributed by atoms with E-state index in [0.717, 1.165) is 35.3 Å². The second kappa shape index (κ2) is 6.19. The molecule has 0 aliphatic carbocycles. The molecule has 1 aromatic carbocycles. The number of hydrogen-bond donors (Lipinski definition) is 1. The molecule has 0 aliphatic heterocycles. The fraction of sp³-hybridized carbons (Fsp3) is 0.429. The second-order valence-electron chi connectivity index (χ2n) is 3.84. The average Bonchev–Trinajstić information content (AvgIpc) is 2.24. The highest BCUT2D eigenvalue weighted by Crippen LogP contribution is 2.23. The summed E-state index contributed by atoms with van der Waals surface area (Å²) < 4.78 is 5.31. The molecule has 0 aromatic heterocycles. The van der Waals surface area contributed by atoms with Crippen LogP contribution in [0.2, 0.25) is 0 Å². The zero-order valence-electron chi connectivity index (χ0n) is 10.3. The SMILES string of the molecule is COc1c(C)cc(C#CCCCN)cc1C. The molecule has 0 amide bonds.